The topological polar surface area (TPSA) is 29.1 Å². The smallest absolute Gasteiger partial charge is 0.203 e. The third-order valence-corrected chi connectivity index (χ3v) is 1.68. The van der Waals surface area contributed by atoms with Crippen LogP contribution in [0.1, 0.15) is 11.1 Å². The molecule has 0 spiro atoms. The molecule has 1 N–H and O–H groups in total. The predicted octanol–water partition coefficient (Wildman–Crippen LogP) is 1.06. The zero-order valence-corrected chi connectivity index (χ0v) is 7.13. The summed E-state index contributed by atoms with van der Waals surface area (Å²) >= 11 is 0. The summed E-state index contributed by atoms with van der Waals surface area (Å²) < 4.78 is 0. The van der Waals surface area contributed by atoms with Crippen molar-refractivity contribution in [3.05, 3.63) is 35.4 Å². The molecule has 0 aliphatic rings. The van der Waals surface area contributed by atoms with Crippen LogP contribution in [0.25, 0.3) is 0 Å². The van der Waals surface area contributed by atoms with Gasteiger partial charge in [0.2, 0.25) is 6.29 Å². The molecule has 63 valence electrons. The Bertz CT molecular complexity index is 241. The van der Waals surface area contributed by atoms with Crippen LogP contribution in [0.15, 0.2) is 24.3 Å². The fraction of sp³-hybridized carbons (Fsp3) is 0.300. The van der Waals surface area contributed by atoms with E-state index in [-0.39, 0.29) is 0 Å². The second kappa shape index (κ2) is 4.67. The van der Waals surface area contributed by atoms with Gasteiger partial charge in [0.25, 0.3) is 0 Å². The summed E-state index contributed by atoms with van der Waals surface area (Å²) in [6, 6.07) is 7.95. The van der Waals surface area contributed by atoms with Crippen LogP contribution in [0.5, 0.6) is 0 Å². The van der Waals surface area contributed by atoms with E-state index in [1.807, 2.05) is 37.6 Å². The van der Waals surface area contributed by atoms with Crippen molar-refractivity contribution in [1.82, 2.24) is 5.32 Å². The number of hydrogen-bond acceptors (Lipinski definition) is 2. The van der Waals surface area contributed by atoms with Crippen molar-refractivity contribution in [1.29, 1.82) is 0 Å². The van der Waals surface area contributed by atoms with Crippen LogP contribution in [0, 0.1) is 0 Å². The Morgan fingerprint density at radius 1 is 1.25 bits per heavy atom. The normalized spacial score (nSPS) is 9.75. The van der Waals surface area contributed by atoms with Crippen LogP contribution >= 0.6 is 0 Å². The van der Waals surface area contributed by atoms with Crippen molar-refractivity contribution >= 4 is 6.29 Å². The van der Waals surface area contributed by atoms with E-state index in [9.17, 15) is 4.79 Å². The predicted molar refractivity (Wildman–Crippen MR) is 48.6 cm³/mol. The minimum Gasteiger partial charge on any atom is -0.316 e. The molecule has 1 radical (unpaired) electrons. The molecule has 2 heteroatoms. The zero-order chi connectivity index (χ0) is 8.81. The minimum atomic E-state index is 0.389. The van der Waals surface area contributed by atoms with Gasteiger partial charge in [-0.3, -0.25) is 4.79 Å². The second-order valence-corrected chi connectivity index (χ2v) is 2.67. The molecule has 1 aromatic carbocycles. The van der Waals surface area contributed by atoms with Crippen molar-refractivity contribution in [2.24, 2.45) is 0 Å². The Morgan fingerprint density at radius 3 is 2.33 bits per heavy atom. The number of carbonyl (C=O) groups excluding carboxylic acids is 1. The van der Waals surface area contributed by atoms with Crippen LogP contribution in [-0.2, 0) is 17.8 Å². The fourth-order valence-electron chi connectivity index (χ4n) is 1.06. The summed E-state index contributed by atoms with van der Waals surface area (Å²) in [5.41, 5.74) is 2.25. The summed E-state index contributed by atoms with van der Waals surface area (Å²) in [4.78, 5) is 10.0. The molecule has 12 heavy (non-hydrogen) atoms. The first-order valence-corrected chi connectivity index (χ1v) is 3.94. The summed E-state index contributed by atoms with van der Waals surface area (Å²) in [5.74, 6) is 0. The molecule has 0 bridgehead atoms. The molecule has 0 aliphatic heterocycles. The highest BCUT2D eigenvalue weighted by Crippen LogP contribution is 2.03. The molecule has 0 unspecified atom stereocenters. The van der Waals surface area contributed by atoms with Gasteiger partial charge in [0.05, 0.1) is 0 Å². The van der Waals surface area contributed by atoms with Crippen molar-refractivity contribution < 1.29 is 4.79 Å². The van der Waals surface area contributed by atoms with Gasteiger partial charge in [0, 0.05) is 13.0 Å². The molecule has 0 atom stereocenters. The van der Waals surface area contributed by atoms with E-state index < -0.39 is 0 Å². The van der Waals surface area contributed by atoms with Crippen molar-refractivity contribution in [3.63, 3.8) is 0 Å². The molecule has 0 saturated heterocycles. The van der Waals surface area contributed by atoms with E-state index in [0.717, 1.165) is 12.1 Å². The maximum atomic E-state index is 10.0. The highest BCUT2D eigenvalue weighted by Gasteiger charge is 1.92. The Balaban J connectivity index is 2.64. The van der Waals surface area contributed by atoms with E-state index in [4.69, 9.17) is 0 Å². The minimum absolute atomic E-state index is 0.389. The van der Waals surface area contributed by atoms with Crippen LogP contribution < -0.4 is 5.32 Å². The SMILES string of the molecule is CNCc1ccc(C[C]=O)cc1. The molecule has 0 amide bonds. The molecule has 0 aliphatic carbocycles. The second-order valence-electron chi connectivity index (χ2n) is 2.67. The monoisotopic (exact) mass is 162 g/mol. The molecule has 0 fully saturated rings. The van der Waals surface area contributed by atoms with Crippen molar-refractivity contribution in [2.45, 2.75) is 13.0 Å². The van der Waals surface area contributed by atoms with Gasteiger partial charge in [-0.05, 0) is 18.2 Å². The first-order chi connectivity index (χ1) is 5.86. The highest BCUT2D eigenvalue weighted by molar-refractivity contribution is 5.55. The molecular formula is C10H12NO. The average molecular weight is 162 g/mol. The molecule has 0 saturated carbocycles. The van der Waals surface area contributed by atoms with Gasteiger partial charge in [0.15, 0.2) is 0 Å². The lowest BCUT2D eigenvalue weighted by Gasteiger charge is -2.00. The van der Waals surface area contributed by atoms with Gasteiger partial charge in [0.1, 0.15) is 0 Å². The van der Waals surface area contributed by atoms with E-state index >= 15 is 0 Å². The third kappa shape index (κ3) is 2.47. The quantitative estimate of drug-likeness (QED) is 0.717. The van der Waals surface area contributed by atoms with Gasteiger partial charge >= 0.3 is 0 Å². The third-order valence-electron chi connectivity index (χ3n) is 1.68. The highest BCUT2D eigenvalue weighted by atomic mass is 16.1. The molecule has 1 aromatic rings. The standard InChI is InChI=1S/C10H12NO/c1-11-8-10-4-2-9(3-5-10)6-7-12/h2-5,11H,6,8H2,1H3. The molecule has 2 nitrogen and oxygen atoms in total. The summed E-state index contributed by atoms with van der Waals surface area (Å²) in [7, 11) is 1.91. The lowest BCUT2D eigenvalue weighted by molar-refractivity contribution is 0.555. The van der Waals surface area contributed by atoms with E-state index in [1.165, 1.54) is 5.56 Å². The summed E-state index contributed by atoms with van der Waals surface area (Å²) in [6.45, 7) is 0.866. The zero-order valence-electron chi connectivity index (χ0n) is 7.13. The first kappa shape index (κ1) is 8.94. The number of benzene rings is 1. The van der Waals surface area contributed by atoms with E-state index in [1.54, 1.807) is 0 Å². The Labute approximate surface area is 72.6 Å². The van der Waals surface area contributed by atoms with Gasteiger partial charge in [-0.15, -0.1) is 0 Å². The molecule has 0 aromatic heterocycles. The summed E-state index contributed by atoms with van der Waals surface area (Å²) in [5, 5.41) is 3.06. The first-order valence-electron chi connectivity index (χ1n) is 3.94. The number of rotatable bonds is 4. The van der Waals surface area contributed by atoms with E-state index in [2.05, 4.69) is 5.32 Å². The van der Waals surface area contributed by atoms with Gasteiger partial charge in [-0.1, -0.05) is 24.3 Å². The Morgan fingerprint density at radius 2 is 1.83 bits per heavy atom. The van der Waals surface area contributed by atoms with Crippen LogP contribution in [0.2, 0.25) is 0 Å². The van der Waals surface area contributed by atoms with Crippen molar-refractivity contribution in [3.8, 4) is 0 Å². The van der Waals surface area contributed by atoms with Gasteiger partial charge in [-0.25, -0.2) is 0 Å². The van der Waals surface area contributed by atoms with Gasteiger partial charge in [-0.2, -0.15) is 0 Å². The van der Waals surface area contributed by atoms with Crippen LogP contribution in [-0.4, -0.2) is 13.3 Å². The summed E-state index contributed by atoms with van der Waals surface area (Å²) in [6.07, 6.45) is 2.26. The van der Waals surface area contributed by atoms with Crippen molar-refractivity contribution in [2.75, 3.05) is 7.05 Å². The van der Waals surface area contributed by atoms with E-state index in [0.29, 0.717) is 6.42 Å². The average Bonchev–Trinajstić information content (AvgIpc) is 2.09. The Hall–Kier alpha value is -1.15. The number of hydrogen-bond donors (Lipinski definition) is 1. The maximum absolute atomic E-state index is 10.0. The number of nitrogens with one attached hydrogen (secondary N) is 1. The lowest BCUT2D eigenvalue weighted by Crippen LogP contribution is -2.04. The molecule has 1 rings (SSSR count). The fourth-order valence-corrected chi connectivity index (χ4v) is 1.06. The lowest BCUT2D eigenvalue weighted by atomic mass is 10.1. The Kier molecular flexibility index (Phi) is 3.48. The molecular weight excluding hydrogens is 150 g/mol. The van der Waals surface area contributed by atoms with Crippen LogP contribution in [0.3, 0.4) is 0 Å². The molecule has 0 heterocycles. The maximum Gasteiger partial charge on any atom is 0.203 e. The van der Waals surface area contributed by atoms with Crippen LogP contribution in [0.4, 0.5) is 0 Å². The van der Waals surface area contributed by atoms with Gasteiger partial charge < -0.3 is 5.32 Å². The largest absolute Gasteiger partial charge is 0.316 e.